The van der Waals surface area contributed by atoms with Crippen LogP contribution in [0, 0.1) is 0 Å². The number of pyridine rings is 1. The maximum absolute atomic E-state index is 6.04. The van der Waals surface area contributed by atoms with E-state index in [-0.39, 0.29) is 5.60 Å². The first-order valence-electron chi connectivity index (χ1n) is 10.7. The summed E-state index contributed by atoms with van der Waals surface area (Å²) in [6, 6.07) is 12.3. The first kappa shape index (κ1) is 20.2. The Morgan fingerprint density at radius 3 is 2.81 bits per heavy atom. The molecule has 0 radical (unpaired) electrons. The predicted molar refractivity (Wildman–Crippen MR) is 122 cm³/mol. The molecule has 6 nitrogen and oxygen atoms in total. The van der Waals surface area contributed by atoms with Crippen LogP contribution in [-0.2, 0) is 11.4 Å². The quantitative estimate of drug-likeness (QED) is 0.616. The third-order valence-electron chi connectivity index (χ3n) is 5.86. The number of thiazole rings is 1. The molecule has 0 aliphatic carbocycles. The van der Waals surface area contributed by atoms with E-state index >= 15 is 0 Å². The van der Waals surface area contributed by atoms with Crippen molar-refractivity contribution in [1.29, 1.82) is 0 Å². The van der Waals surface area contributed by atoms with Crippen molar-refractivity contribution in [3.8, 4) is 16.3 Å². The minimum atomic E-state index is -0.255. The number of rotatable bonds is 6. The number of ether oxygens (including phenoxy) is 1. The summed E-state index contributed by atoms with van der Waals surface area (Å²) in [6.07, 6.45) is 7.76. The lowest BCUT2D eigenvalue weighted by Crippen LogP contribution is -2.44. The minimum absolute atomic E-state index is 0.255. The summed E-state index contributed by atoms with van der Waals surface area (Å²) in [5.41, 5.74) is 7.18. The highest BCUT2D eigenvalue weighted by molar-refractivity contribution is 7.13. The van der Waals surface area contributed by atoms with Crippen LogP contribution in [0.15, 0.2) is 60.2 Å². The Hall–Kier alpha value is -2.74. The van der Waals surface area contributed by atoms with Gasteiger partial charge in [0, 0.05) is 43.0 Å². The number of hydrogen-bond donors (Lipinski definition) is 1. The number of nitrogens with one attached hydrogen (secondary N) is 1. The summed E-state index contributed by atoms with van der Waals surface area (Å²) in [6.45, 7) is 5.47. The number of nitrogens with zero attached hydrogens (tertiary/aromatic N) is 3. The van der Waals surface area contributed by atoms with Crippen molar-refractivity contribution in [3.63, 3.8) is 0 Å². The summed E-state index contributed by atoms with van der Waals surface area (Å²) in [4.78, 5) is 17.5. The second-order valence-electron chi connectivity index (χ2n) is 7.91. The molecule has 1 N–H and O–H groups in total. The van der Waals surface area contributed by atoms with Crippen LogP contribution in [0.2, 0.25) is 0 Å². The summed E-state index contributed by atoms with van der Waals surface area (Å²) < 4.78 is 5.76. The molecule has 0 saturated carbocycles. The Balaban J connectivity index is 1.30. The fourth-order valence-corrected chi connectivity index (χ4v) is 4.92. The van der Waals surface area contributed by atoms with Crippen LogP contribution in [0.4, 0.5) is 0 Å². The van der Waals surface area contributed by atoms with Crippen LogP contribution in [-0.4, -0.2) is 40.2 Å². The van der Waals surface area contributed by atoms with Crippen molar-refractivity contribution in [3.05, 3.63) is 71.5 Å². The van der Waals surface area contributed by atoms with E-state index in [4.69, 9.17) is 9.57 Å². The zero-order chi connectivity index (χ0) is 21.1. The molecule has 160 valence electrons. The van der Waals surface area contributed by atoms with Crippen LogP contribution in [0.1, 0.15) is 31.0 Å². The molecule has 0 atom stereocenters. The molecule has 2 aliphatic heterocycles. The number of aromatic nitrogens is 2. The van der Waals surface area contributed by atoms with E-state index in [9.17, 15) is 0 Å². The largest absolute Gasteiger partial charge is 0.494 e. The molecule has 5 rings (SSSR count). The van der Waals surface area contributed by atoms with Gasteiger partial charge in [0.15, 0.2) is 0 Å². The number of hydrogen-bond acceptors (Lipinski definition) is 7. The number of benzene rings is 1. The fraction of sp³-hybridized carbons (Fsp3) is 0.333. The molecule has 3 aromatic rings. The second-order valence-corrected chi connectivity index (χ2v) is 8.80. The van der Waals surface area contributed by atoms with Gasteiger partial charge in [0.1, 0.15) is 16.4 Å². The van der Waals surface area contributed by atoms with Gasteiger partial charge >= 0.3 is 0 Å². The van der Waals surface area contributed by atoms with Crippen molar-refractivity contribution < 1.29 is 9.57 Å². The summed E-state index contributed by atoms with van der Waals surface area (Å²) >= 11 is 1.67. The third kappa shape index (κ3) is 4.35. The van der Waals surface area contributed by atoms with E-state index in [1.807, 2.05) is 49.0 Å². The van der Waals surface area contributed by atoms with E-state index in [0.717, 1.165) is 54.6 Å². The molecule has 1 saturated heterocycles. The normalized spacial score (nSPS) is 18.0. The van der Waals surface area contributed by atoms with Crippen molar-refractivity contribution >= 4 is 17.0 Å². The van der Waals surface area contributed by atoms with E-state index in [2.05, 4.69) is 38.6 Å². The molecule has 0 unspecified atom stereocenters. The van der Waals surface area contributed by atoms with Gasteiger partial charge < -0.3 is 4.74 Å². The Morgan fingerprint density at radius 2 is 2.06 bits per heavy atom. The molecule has 2 aliphatic rings. The first-order valence-corrected chi connectivity index (χ1v) is 11.6. The van der Waals surface area contributed by atoms with Crippen LogP contribution < -0.4 is 10.2 Å². The topological polar surface area (TPSA) is 59.5 Å². The van der Waals surface area contributed by atoms with E-state index in [1.54, 1.807) is 11.3 Å². The maximum Gasteiger partial charge on any atom is 0.123 e. The van der Waals surface area contributed by atoms with Crippen molar-refractivity contribution in [2.45, 2.75) is 31.9 Å². The third-order valence-corrected chi connectivity index (χ3v) is 6.67. The first-order chi connectivity index (χ1) is 15.2. The van der Waals surface area contributed by atoms with Crippen LogP contribution in [0.5, 0.6) is 5.75 Å². The summed E-state index contributed by atoms with van der Waals surface area (Å²) in [5, 5.41) is 3.08. The van der Waals surface area contributed by atoms with Gasteiger partial charge in [-0.2, -0.15) is 0 Å². The molecule has 4 heterocycles. The Kier molecular flexibility index (Phi) is 5.72. The maximum atomic E-state index is 6.04. The molecule has 0 amide bonds. The highest BCUT2D eigenvalue weighted by Gasteiger charge is 2.39. The molecule has 0 bridgehead atoms. The second kappa shape index (κ2) is 8.78. The molecule has 1 fully saturated rings. The van der Waals surface area contributed by atoms with Gasteiger partial charge in [-0.25, -0.2) is 4.98 Å². The minimum Gasteiger partial charge on any atom is -0.494 e. The van der Waals surface area contributed by atoms with Crippen molar-refractivity contribution in [2.24, 2.45) is 0 Å². The van der Waals surface area contributed by atoms with Crippen LogP contribution >= 0.6 is 11.3 Å². The zero-order valence-electron chi connectivity index (χ0n) is 17.6. The number of piperidine rings is 1. The van der Waals surface area contributed by atoms with E-state index in [1.165, 1.54) is 11.1 Å². The van der Waals surface area contributed by atoms with E-state index < -0.39 is 0 Å². The summed E-state index contributed by atoms with van der Waals surface area (Å²) in [7, 11) is 0. The molecular formula is C24H26N4O2S. The lowest BCUT2D eigenvalue weighted by molar-refractivity contribution is -0.0703. The number of hydroxylamine groups is 1. The molecular weight excluding hydrogens is 408 g/mol. The van der Waals surface area contributed by atoms with E-state index in [0.29, 0.717) is 6.61 Å². The van der Waals surface area contributed by atoms with Crippen LogP contribution in [0.25, 0.3) is 16.3 Å². The van der Waals surface area contributed by atoms with Gasteiger partial charge in [0.2, 0.25) is 0 Å². The van der Waals surface area contributed by atoms with Gasteiger partial charge in [-0.3, -0.25) is 20.2 Å². The summed E-state index contributed by atoms with van der Waals surface area (Å²) in [5.74, 6) is 0.914. The van der Waals surface area contributed by atoms with Gasteiger partial charge in [-0.1, -0.05) is 6.07 Å². The molecule has 1 spiro atoms. The standard InChI is InChI=1S/C24H26N4O2S/c1-2-29-19-6-7-20(23-26-11-14-31-23)18(15-19)17-28-12-8-24(9-13-28)16-22(27-30-24)21-5-3-4-10-25-21/h3-7,10-11,14-16,27H,2,8-9,12-13,17H2,1H3. The highest BCUT2D eigenvalue weighted by Crippen LogP contribution is 2.36. The highest BCUT2D eigenvalue weighted by atomic mass is 32.1. The monoisotopic (exact) mass is 434 g/mol. The Labute approximate surface area is 186 Å². The lowest BCUT2D eigenvalue weighted by atomic mass is 9.90. The smallest absolute Gasteiger partial charge is 0.123 e. The SMILES string of the molecule is CCOc1ccc(-c2nccs2)c(CN2CCC3(C=C(c4ccccn4)NO3)CC2)c1. The molecule has 2 aromatic heterocycles. The average Bonchev–Trinajstić information content (AvgIpc) is 3.48. The average molecular weight is 435 g/mol. The zero-order valence-corrected chi connectivity index (χ0v) is 18.4. The lowest BCUT2D eigenvalue weighted by Gasteiger charge is -2.36. The number of likely N-dealkylation sites (tertiary alicyclic amines) is 1. The van der Waals surface area contributed by atoms with Crippen molar-refractivity contribution in [1.82, 2.24) is 20.3 Å². The Bertz CT molecular complexity index is 1040. The van der Waals surface area contributed by atoms with Gasteiger partial charge in [-0.15, -0.1) is 11.3 Å². The van der Waals surface area contributed by atoms with Crippen molar-refractivity contribution in [2.75, 3.05) is 19.7 Å². The predicted octanol–water partition coefficient (Wildman–Crippen LogP) is 4.51. The molecule has 1 aromatic carbocycles. The Morgan fingerprint density at radius 1 is 1.16 bits per heavy atom. The molecule has 7 heteroatoms. The molecule has 31 heavy (non-hydrogen) atoms. The fourth-order valence-electron chi connectivity index (χ4n) is 4.23. The van der Waals surface area contributed by atoms with Crippen LogP contribution in [0.3, 0.4) is 0 Å². The van der Waals surface area contributed by atoms with Gasteiger partial charge in [0.05, 0.1) is 18.0 Å². The van der Waals surface area contributed by atoms with Gasteiger partial charge in [0.25, 0.3) is 0 Å². The van der Waals surface area contributed by atoms with Gasteiger partial charge in [-0.05, 0) is 61.7 Å².